The molecule has 0 unspecified atom stereocenters. The van der Waals surface area contributed by atoms with E-state index in [4.69, 9.17) is 4.74 Å². The molecule has 1 heterocycles. The van der Waals surface area contributed by atoms with Gasteiger partial charge in [0.15, 0.2) is 0 Å². The summed E-state index contributed by atoms with van der Waals surface area (Å²) >= 11 is 0. The Bertz CT molecular complexity index is 1140. The summed E-state index contributed by atoms with van der Waals surface area (Å²) in [6.07, 6.45) is 2.18. The molecule has 0 spiro atoms. The van der Waals surface area contributed by atoms with Gasteiger partial charge in [-0.15, -0.1) is 0 Å². The fraction of sp³-hybridized carbons (Fsp3) is 0.0769. The lowest BCUT2D eigenvalue weighted by atomic mass is 10.0. The molecule has 2 nitrogen and oxygen atoms in total. The highest BCUT2D eigenvalue weighted by molar-refractivity contribution is 5.91. The third kappa shape index (κ3) is 3.25. The summed E-state index contributed by atoms with van der Waals surface area (Å²) in [4.78, 5) is 2.38. The summed E-state index contributed by atoms with van der Waals surface area (Å²) in [5, 5.41) is 2.49. The molecule has 0 atom stereocenters. The molecule has 5 rings (SSSR count). The number of anilines is 1. The van der Waals surface area contributed by atoms with Crippen LogP contribution >= 0.6 is 0 Å². The van der Waals surface area contributed by atoms with Crippen molar-refractivity contribution in [1.82, 2.24) is 0 Å². The molecule has 0 aliphatic carbocycles. The maximum atomic E-state index is 6.27. The van der Waals surface area contributed by atoms with Gasteiger partial charge in [-0.3, -0.25) is 0 Å². The van der Waals surface area contributed by atoms with E-state index in [9.17, 15) is 0 Å². The van der Waals surface area contributed by atoms with Crippen molar-refractivity contribution in [3.63, 3.8) is 0 Å². The highest BCUT2D eigenvalue weighted by Crippen LogP contribution is 2.36. The number of para-hydroxylation sites is 2. The smallest absolute Gasteiger partial charge is 0.150 e. The van der Waals surface area contributed by atoms with Crippen molar-refractivity contribution in [1.29, 1.82) is 0 Å². The first-order valence-electron chi connectivity index (χ1n) is 9.61. The van der Waals surface area contributed by atoms with Crippen LogP contribution in [0.1, 0.15) is 11.1 Å². The summed E-state index contributed by atoms with van der Waals surface area (Å²) in [6.45, 7) is 1.60. The van der Waals surface area contributed by atoms with Crippen molar-refractivity contribution >= 4 is 22.5 Å². The topological polar surface area (TPSA) is 12.5 Å². The van der Waals surface area contributed by atoms with Gasteiger partial charge in [-0.25, -0.2) is 0 Å². The van der Waals surface area contributed by atoms with E-state index in [1.807, 2.05) is 12.1 Å². The van der Waals surface area contributed by atoms with Crippen molar-refractivity contribution < 1.29 is 4.74 Å². The maximum Gasteiger partial charge on any atom is 0.150 e. The van der Waals surface area contributed by atoms with Gasteiger partial charge in [0.1, 0.15) is 11.5 Å². The molecule has 0 bridgehead atoms. The molecule has 0 aromatic heterocycles. The Labute approximate surface area is 165 Å². The number of rotatable bonds is 3. The molecule has 28 heavy (non-hydrogen) atoms. The first kappa shape index (κ1) is 16.6. The van der Waals surface area contributed by atoms with Crippen molar-refractivity contribution in [3.8, 4) is 5.75 Å². The normalized spacial score (nSPS) is 14.7. The summed E-state index contributed by atoms with van der Waals surface area (Å²) in [5.74, 6) is 1.88. The second kappa shape index (κ2) is 7.24. The Balaban J connectivity index is 1.53. The Hall–Kier alpha value is -3.52. The summed E-state index contributed by atoms with van der Waals surface area (Å²) in [5.41, 5.74) is 3.62. The van der Waals surface area contributed by atoms with E-state index in [0.717, 1.165) is 30.3 Å². The molecule has 4 aromatic rings. The van der Waals surface area contributed by atoms with Gasteiger partial charge in [0, 0.05) is 6.54 Å². The lowest BCUT2D eigenvalue weighted by molar-refractivity contribution is 0.399. The SMILES string of the molecule is C(=C1\CN(Cc2ccccc2)c2ccccc2O1)/c1cccc2ccccc12. The fourth-order valence-corrected chi connectivity index (χ4v) is 3.82. The van der Waals surface area contributed by atoms with E-state index in [-0.39, 0.29) is 0 Å². The molecular weight excluding hydrogens is 342 g/mol. The molecule has 1 aliphatic heterocycles. The standard InChI is InChI=1S/C26H21NO/c1-2-9-20(10-3-1)18-27-19-23(28-26-16-7-6-15-25(26)27)17-22-13-8-12-21-11-4-5-14-24(21)22/h1-17H,18-19H2/b23-17-. The van der Waals surface area contributed by atoms with Crippen molar-refractivity contribution in [2.24, 2.45) is 0 Å². The van der Waals surface area contributed by atoms with Gasteiger partial charge in [-0.1, -0.05) is 84.9 Å². The van der Waals surface area contributed by atoms with Gasteiger partial charge in [-0.2, -0.15) is 0 Å². The first-order chi connectivity index (χ1) is 13.9. The van der Waals surface area contributed by atoms with Crippen molar-refractivity contribution in [3.05, 3.63) is 114 Å². The summed E-state index contributed by atoms with van der Waals surface area (Å²) < 4.78 is 6.27. The largest absolute Gasteiger partial charge is 0.458 e. The Morgan fingerprint density at radius 3 is 2.43 bits per heavy atom. The molecule has 0 saturated heterocycles. The fourth-order valence-electron chi connectivity index (χ4n) is 3.82. The second-order valence-electron chi connectivity index (χ2n) is 7.09. The van der Waals surface area contributed by atoms with Crippen LogP contribution in [-0.2, 0) is 6.54 Å². The summed E-state index contributed by atoms with van der Waals surface area (Å²) in [7, 11) is 0. The van der Waals surface area contributed by atoms with E-state index >= 15 is 0 Å². The number of hydrogen-bond acceptors (Lipinski definition) is 2. The van der Waals surface area contributed by atoms with Crippen LogP contribution in [0.4, 0.5) is 5.69 Å². The summed E-state index contributed by atoms with van der Waals surface area (Å²) in [6, 6.07) is 33.7. The van der Waals surface area contributed by atoms with Crippen LogP contribution in [0.2, 0.25) is 0 Å². The van der Waals surface area contributed by atoms with E-state index in [0.29, 0.717) is 0 Å². The first-order valence-corrected chi connectivity index (χ1v) is 9.61. The third-order valence-corrected chi connectivity index (χ3v) is 5.15. The predicted octanol–water partition coefficient (Wildman–Crippen LogP) is 6.28. The Morgan fingerprint density at radius 2 is 1.50 bits per heavy atom. The van der Waals surface area contributed by atoms with Crippen LogP contribution in [0.25, 0.3) is 16.8 Å². The molecule has 1 aliphatic rings. The molecule has 0 radical (unpaired) electrons. The van der Waals surface area contributed by atoms with Crippen LogP contribution in [0.3, 0.4) is 0 Å². The zero-order chi connectivity index (χ0) is 18.8. The van der Waals surface area contributed by atoms with Crippen LogP contribution in [0.5, 0.6) is 5.75 Å². The minimum absolute atomic E-state index is 0.745. The highest BCUT2D eigenvalue weighted by atomic mass is 16.5. The van der Waals surface area contributed by atoms with Crippen molar-refractivity contribution in [2.45, 2.75) is 6.54 Å². The molecule has 0 fully saturated rings. The number of nitrogens with zero attached hydrogens (tertiary/aromatic N) is 1. The van der Waals surface area contributed by atoms with E-state index in [1.165, 1.54) is 21.9 Å². The molecule has 0 amide bonds. The average molecular weight is 363 g/mol. The van der Waals surface area contributed by atoms with Gasteiger partial charge >= 0.3 is 0 Å². The quantitative estimate of drug-likeness (QED) is 0.425. The molecule has 2 heteroatoms. The number of fused-ring (bicyclic) bond motifs is 2. The highest BCUT2D eigenvalue weighted by Gasteiger charge is 2.21. The Kier molecular flexibility index (Phi) is 4.30. The van der Waals surface area contributed by atoms with Crippen LogP contribution in [0.15, 0.2) is 103 Å². The van der Waals surface area contributed by atoms with Crippen LogP contribution in [-0.4, -0.2) is 6.54 Å². The zero-order valence-corrected chi connectivity index (χ0v) is 15.6. The van der Waals surface area contributed by atoms with Crippen molar-refractivity contribution in [2.75, 3.05) is 11.4 Å². The third-order valence-electron chi connectivity index (χ3n) is 5.15. The van der Waals surface area contributed by atoms with E-state index in [2.05, 4.69) is 95.9 Å². The average Bonchev–Trinajstić information content (AvgIpc) is 2.75. The van der Waals surface area contributed by atoms with Gasteiger partial charge < -0.3 is 9.64 Å². The van der Waals surface area contributed by atoms with E-state index in [1.54, 1.807) is 0 Å². The lowest BCUT2D eigenvalue weighted by Gasteiger charge is -2.32. The monoisotopic (exact) mass is 363 g/mol. The molecular formula is C26H21NO. The molecule has 0 N–H and O–H groups in total. The van der Waals surface area contributed by atoms with Crippen LogP contribution < -0.4 is 9.64 Å². The zero-order valence-electron chi connectivity index (χ0n) is 15.6. The van der Waals surface area contributed by atoms with Crippen LogP contribution in [0, 0.1) is 0 Å². The lowest BCUT2D eigenvalue weighted by Crippen LogP contribution is -2.30. The van der Waals surface area contributed by atoms with Gasteiger partial charge in [-0.05, 0) is 40.1 Å². The van der Waals surface area contributed by atoms with E-state index < -0.39 is 0 Å². The minimum Gasteiger partial charge on any atom is -0.458 e. The second-order valence-corrected chi connectivity index (χ2v) is 7.09. The van der Waals surface area contributed by atoms with Gasteiger partial charge in [0.25, 0.3) is 0 Å². The predicted molar refractivity (Wildman–Crippen MR) is 116 cm³/mol. The maximum absolute atomic E-state index is 6.27. The minimum atomic E-state index is 0.745. The Morgan fingerprint density at radius 1 is 0.750 bits per heavy atom. The number of ether oxygens (including phenoxy) is 1. The van der Waals surface area contributed by atoms with Gasteiger partial charge in [0.05, 0.1) is 12.2 Å². The molecule has 136 valence electrons. The molecule has 4 aromatic carbocycles. The number of hydrogen-bond donors (Lipinski definition) is 0. The molecule has 0 saturated carbocycles. The van der Waals surface area contributed by atoms with Gasteiger partial charge in [0.2, 0.25) is 0 Å². The number of benzene rings is 4.